The summed E-state index contributed by atoms with van der Waals surface area (Å²) in [6, 6.07) is 7.78. The average Bonchev–Trinajstić information content (AvgIpc) is 2.71. The molecule has 15 heavy (non-hydrogen) atoms. The summed E-state index contributed by atoms with van der Waals surface area (Å²) in [5.41, 5.74) is 1.67. The molecular formula is C11H8N2OS. The molecule has 1 heterocycles. The molecule has 1 aromatic carbocycles. The van der Waals surface area contributed by atoms with Crippen molar-refractivity contribution in [2.75, 3.05) is 0 Å². The van der Waals surface area contributed by atoms with Crippen LogP contribution in [0, 0.1) is 18.3 Å². The van der Waals surface area contributed by atoms with Crippen molar-refractivity contribution < 1.29 is 4.42 Å². The van der Waals surface area contributed by atoms with E-state index in [4.69, 9.17) is 9.68 Å². The van der Waals surface area contributed by atoms with Gasteiger partial charge in [0.2, 0.25) is 0 Å². The van der Waals surface area contributed by atoms with Crippen LogP contribution < -0.4 is 0 Å². The SMILES string of the molecule is Cc1cc(Sc2ncco2)ccc1C#N. The molecule has 0 spiro atoms. The first-order valence-corrected chi connectivity index (χ1v) is 5.19. The van der Waals surface area contributed by atoms with Crippen LogP contribution in [0.25, 0.3) is 0 Å². The maximum absolute atomic E-state index is 8.78. The lowest BCUT2D eigenvalue weighted by atomic mass is 10.1. The van der Waals surface area contributed by atoms with Gasteiger partial charge in [0.25, 0.3) is 5.22 Å². The van der Waals surface area contributed by atoms with Gasteiger partial charge in [0, 0.05) is 4.90 Å². The van der Waals surface area contributed by atoms with Gasteiger partial charge in [0.15, 0.2) is 0 Å². The topological polar surface area (TPSA) is 49.8 Å². The van der Waals surface area contributed by atoms with E-state index in [1.54, 1.807) is 18.5 Å². The van der Waals surface area contributed by atoms with Crippen molar-refractivity contribution in [3.63, 3.8) is 0 Å². The summed E-state index contributed by atoms with van der Waals surface area (Å²) in [5, 5.41) is 9.39. The third-order valence-corrected chi connectivity index (χ3v) is 2.80. The van der Waals surface area contributed by atoms with E-state index in [1.807, 2.05) is 19.1 Å². The second-order valence-electron chi connectivity index (χ2n) is 2.99. The molecule has 0 unspecified atom stereocenters. The van der Waals surface area contributed by atoms with Gasteiger partial charge in [-0.15, -0.1) is 0 Å². The lowest BCUT2D eigenvalue weighted by Crippen LogP contribution is -1.82. The zero-order valence-electron chi connectivity index (χ0n) is 8.10. The summed E-state index contributed by atoms with van der Waals surface area (Å²) in [6.07, 6.45) is 3.15. The molecule has 0 saturated heterocycles. The van der Waals surface area contributed by atoms with Crippen LogP contribution in [0.1, 0.15) is 11.1 Å². The summed E-state index contributed by atoms with van der Waals surface area (Å²) in [4.78, 5) is 5.04. The molecule has 0 aliphatic heterocycles. The van der Waals surface area contributed by atoms with E-state index in [2.05, 4.69) is 11.1 Å². The molecule has 0 radical (unpaired) electrons. The first kappa shape index (κ1) is 9.81. The van der Waals surface area contributed by atoms with E-state index in [9.17, 15) is 0 Å². The van der Waals surface area contributed by atoms with E-state index in [0.717, 1.165) is 10.5 Å². The molecule has 1 aromatic heterocycles. The van der Waals surface area contributed by atoms with Gasteiger partial charge in [-0.2, -0.15) is 5.26 Å². The Bertz CT molecular complexity index is 500. The smallest absolute Gasteiger partial charge is 0.260 e. The monoisotopic (exact) mass is 216 g/mol. The van der Waals surface area contributed by atoms with Crippen LogP contribution in [0.5, 0.6) is 0 Å². The molecule has 2 rings (SSSR count). The third-order valence-electron chi connectivity index (χ3n) is 1.93. The standard InChI is InChI=1S/C11H8N2OS/c1-8-6-10(3-2-9(8)7-12)15-11-13-4-5-14-11/h2-6H,1H3. The van der Waals surface area contributed by atoms with E-state index >= 15 is 0 Å². The fraction of sp³-hybridized carbons (Fsp3) is 0.0909. The fourth-order valence-corrected chi connectivity index (χ4v) is 1.98. The van der Waals surface area contributed by atoms with E-state index in [-0.39, 0.29) is 0 Å². The fourth-order valence-electron chi connectivity index (χ4n) is 1.19. The van der Waals surface area contributed by atoms with Crippen LogP contribution in [0.15, 0.2) is 45.2 Å². The van der Waals surface area contributed by atoms with Crippen LogP contribution in [0.3, 0.4) is 0 Å². The molecule has 3 nitrogen and oxygen atoms in total. The quantitative estimate of drug-likeness (QED) is 0.774. The van der Waals surface area contributed by atoms with E-state index in [1.165, 1.54) is 11.8 Å². The van der Waals surface area contributed by atoms with Gasteiger partial charge in [-0.3, -0.25) is 0 Å². The maximum Gasteiger partial charge on any atom is 0.260 e. The zero-order valence-corrected chi connectivity index (χ0v) is 8.91. The van der Waals surface area contributed by atoms with Crippen molar-refractivity contribution in [3.05, 3.63) is 41.8 Å². The highest BCUT2D eigenvalue weighted by atomic mass is 32.2. The Morgan fingerprint density at radius 1 is 1.47 bits per heavy atom. The molecule has 0 amide bonds. The van der Waals surface area contributed by atoms with Crippen LogP contribution in [0.2, 0.25) is 0 Å². The molecule has 0 bridgehead atoms. The third kappa shape index (κ3) is 2.20. The Balaban J connectivity index is 2.24. The minimum atomic E-state index is 0.610. The van der Waals surface area contributed by atoms with Gasteiger partial charge in [-0.1, -0.05) is 0 Å². The second kappa shape index (κ2) is 4.20. The Morgan fingerprint density at radius 3 is 2.93 bits per heavy atom. The van der Waals surface area contributed by atoms with Gasteiger partial charge >= 0.3 is 0 Å². The number of hydrogen-bond acceptors (Lipinski definition) is 4. The summed E-state index contributed by atoms with van der Waals surface area (Å²) < 4.78 is 5.12. The first-order chi connectivity index (χ1) is 7.29. The molecule has 0 atom stereocenters. The number of oxazole rings is 1. The zero-order chi connectivity index (χ0) is 10.7. The predicted octanol–water partition coefficient (Wildman–Crippen LogP) is 3.01. The average molecular weight is 216 g/mol. The van der Waals surface area contributed by atoms with Crippen molar-refractivity contribution in [2.45, 2.75) is 17.0 Å². The molecular weight excluding hydrogens is 208 g/mol. The van der Waals surface area contributed by atoms with Crippen LogP contribution in [0.4, 0.5) is 0 Å². The Hall–Kier alpha value is -1.73. The molecule has 2 aromatic rings. The number of nitrogens with zero attached hydrogens (tertiary/aromatic N) is 2. The van der Waals surface area contributed by atoms with E-state index < -0.39 is 0 Å². The maximum atomic E-state index is 8.78. The number of aryl methyl sites for hydroxylation is 1. The molecule has 0 N–H and O–H groups in total. The minimum absolute atomic E-state index is 0.610. The van der Waals surface area contributed by atoms with Crippen LogP contribution >= 0.6 is 11.8 Å². The first-order valence-electron chi connectivity index (χ1n) is 4.37. The van der Waals surface area contributed by atoms with Crippen molar-refractivity contribution in [1.82, 2.24) is 4.98 Å². The number of rotatable bonds is 2. The molecule has 0 fully saturated rings. The summed E-state index contributed by atoms with van der Waals surface area (Å²) in [5.74, 6) is 0. The van der Waals surface area contributed by atoms with Crippen molar-refractivity contribution in [2.24, 2.45) is 0 Å². The lowest BCUT2D eigenvalue weighted by molar-refractivity contribution is 0.454. The molecule has 0 aliphatic rings. The summed E-state index contributed by atoms with van der Waals surface area (Å²) >= 11 is 1.44. The highest BCUT2D eigenvalue weighted by molar-refractivity contribution is 7.99. The largest absolute Gasteiger partial charge is 0.440 e. The van der Waals surface area contributed by atoms with Gasteiger partial charge < -0.3 is 4.42 Å². The van der Waals surface area contributed by atoms with Gasteiger partial charge in [0.05, 0.1) is 17.8 Å². The normalized spacial score (nSPS) is 9.87. The van der Waals surface area contributed by atoms with Crippen LogP contribution in [-0.2, 0) is 0 Å². The summed E-state index contributed by atoms with van der Waals surface area (Å²) in [7, 11) is 0. The Morgan fingerprint density at radius 2 is 2.33 bits per heavy atom. The lowest BCUT2D eigenvalue weighted by Gasteiger charge is -2.00. The predicted molar refractivity (Wildman–Crippen MR) is 56.5 cm³/mol. The molecule has 4 heteroatoms. The molecule has 0 saturated carbocycles. The van der Waals surface area contributed by atoms with Crippen molar-refractivity contribution in [1.29, 1.82) is 5.26 Å². The number of hydrogen-bond donors (Lipinski definition) is 0. The second-order valence-corrected chi connectivity index (χ2v) is 4.01. The Kier molecular flexibility index (Phi) is 2.75. The minimum Gasteiger partial charge on any atom is -0.440 e. The highest BCUT2D eigenvalue weighted by Gasteiger charge is 2.03. The highest BCUT2D eigenvalue weighted by Crippen LogP contribution is 2.27. The van der Waals surface area contributed by atoms with Crippen LogP contribution in [-0.4, -0.2) is 4.98 Å². The van der Waals surface area contributed by atoms with Gasteiger partial charge in [0.1, 0.15) is 6.26 Å². The molecule has 74 valence electrons. The van der Waals surface area contributed by atoms with Gasteiger partial charge in [-0.25, -0.2) is 4.98 Å². The van der Waals surface area contributed by atoms with Gasteiger partial charge in [-0.05, 0) is 42.4 Å². The van der Waals surface area contributed by atoms with Crippen molar-refractivity contribution >= 4 is 11.8 Å². The number of benzene rings is 1. The number of nitriles is 1. The molecule has 0 aliphatic carbocycles. The number of aromatic nitrogens is 1. The van der Waals surface area contributed by atoms with Crippen molar-refractivity contribution in [3.8, 4) is 6.07 Å². The Labute approximate surface area is 91.7 Å². The van der Waals surface area contributed by atoms with E-state index in [0.29, 0.717) is 10.8 Å². The summed E-state index contributed by atoms with van der Waals surface area (Å²) in [6.45, 7) is 1.91.